The average Bonchev–Trinajstić information content (AvgIpc) is 3.41. The molecule has 0 heterocycles. The van der Waals surface area contributed by atoms with E-state index >= 15 is 0 Å². The molecule has 2 N–H and O–H groups in total. The predicted octanol–water partition coefficient (Wildman–Crippen LogP) is 3.73. The highest BCUT2D eigenvalue weighted by Gasteiger charge is 2.51. The molecule has 26 heavy (non-hydrogen) atoms. The Balaban J connectivity index is 1.61. The van der Waals surface area contributed by atoms with Crippen molar-refractivity contribution in [1.29, 1.82) is 0 Å². The zero-order chi connectivity index (χ0) is 18.9. The number of carbonyl (C=O) groups is 1. The Labute approximate surface area is 147 Å². The Bertz CT molecular complexity index is 781. The van der Waals surface area contributed by atoms with Crippen molar-refractivity contribution in [3.05, 3.63) is 71.0 Å². The molecule has 0 aliphatic heterocycles. The summed E-state index contributed by atoms with van der Waals surface area (Å²) < 4.78 is 50.7. The lowest BCUT2D eigenvalue weighted by Gasteiger charge is -2.18. The van der Waals surface area contributed by atoms with Crippen molar-refractivity contribution < 1.29 is 27.5 Å². The number of hydrogen-bond donors (Lipinski definition) is 2. The first-order chi connectivity index (χ1) is 12.2. The molecule has 3 nitrogen and oxygen atoms in total. The summed E-state index contributed by atoms with van der Waals surface area (Å²) in [6, 6.07) is 9.86. The normalized spacial score (nSPS) is 16.8. The molecule has 3 rings (SSSR count). The fourth-order valence-corrected chi connectivity index (χ4v) is 2.91. The lowest BCUT2D eigenvalue weighted by atomic mass is 9.95. The van der Waals surface area contributed by atoms with Crippen LogP contribution in [-0.2, 0) is 16.4 Å². The van der Waals surface area contributed by atoms with Crippen molar-refractivity contribution in [2.45, 2.75) is 30.5 Å². The third-order valence-electron chi connectivity index (χ3n) is 4.66. The third-order valence-corrected chi connectivity index (χ3v) is 4.66. The first kappa shape index (κ1) is 18.4. The number of alkyl halides is 3. The third kappa shape index (κ3) is 3.72. The molecule has 0 radical (unpaired) electrons. The standard InChI is InChI=1S/C19H17F4NO2/c20-15-7-5-13(6-8-15)18(9-10-18)17(26)24-11-16(25)12-1-3-14(4-2-12)19(21,22)23/h1-8,16,25H,9-11H2,(H,24,26)/t16-/m0/s1. The maximum absolute atomic E-state index is 13.0. The minimum Gasteiger partial charge on any atom is -0.387 e. The van der Waals surface area contributed by atoms with E-state index in [9.17, 15) is 27.5 Å². The number of hydrogen-bond acceptors (Lipinski definition) is 2. The van der Waals surface area contributed by atoms with Crippen molar-refractivity contribution >= 4 is 5.91 Å². The van der Waals surface area contributed by atoms with Crippen LogP contribution in [0.1, 0.15) is 35.6 Å². The van der Waals surface area contributed by atoms with Crippen LogP contribution >= 0.6 is 0 Å². The molecule has 0 bridgehead atoms. The van der Waals surface area contributed by atoms with Gasteiger partial charge in [-0.2, -0.15) is 13.2 Å². The minimum atomic E-state index is -4.44. The van der Waals surface area contributed by atoms with Gasteiger partial charge in [-0.15, -0.1) is 0 Å². The van der Waals surface area contributed by atoms with Crippen LogP contribution in [0.25, 0.3) is 0 Å². The molecule has 0 aromatic heterocycles. The topological polar surface area (TPSA) is 49.3 Å². The summed E-state index contributed by atoms with van der Waals surface area (Å²) in [5.74, 6) is -0.669. The molecular formula is C19H17F4NO2. The zero-order valence-electron chi connectivity index (χ0n) is 13.7. The van der Waals surface area contributed by atoms with Gasteiger partial charge in [0, 0.05) is 6.54 Å². The number of benzene rings is 2. The Morgan fingerprint density at radius 3 is 2.15 bits per heavy atom. The van der Waals surface area contributed by atoms with Crippen LogP contribution < -0.4 is 5.32 Å². The Hall–Kier alpha value is -2.41. The van der Waals surface area contributed by atoms with E-state index in [1.54, 1.807) is 12.1 Å². The smallest absolute Gasteiger partial charge is 0.387 e. The monoisotopic (exact) mass is 367 g/mol. The Morgan fingerprint density at radius 2 is 1.65 bits per heavy atom. The molecule has 0 saturated heterocycles. The molecule has 0 unspecified atom stereocenters. The predicted molar refractivity (Wildman–Crippen MR) is 86.7 cm³/mol. The molecule has 1 aliphatic rings. The Morgan fingerprint density at radius 1 is 1.08 bits per heavy atom. The highest BCUT2D eigenvalue weighted by molar-refractivity contribution is 5.91. The summed E-state index contributed by atoms with van der Waals surface area (Å²) in [5, 5.41) is 12.7. The van der Waals surface area contributed by atoms with E-state index in [1.165, 1.54) is 24.3 Å². The fraction of sp³-hybridized carbons (Fsp3) is 0.316. The van der Waals surface area contributed by atoms with Crippen molar-refractivity contribution in [1.82, 2.24) is 5.32 Å². The van der Waals surface area contributed by atoms with Gasteiger partial charge in [0.25, 0.3) is 0 Å². The molecule has 7 heteroatoms. The van der Waals surface area contributed by atoms with Crippen LogP contribution in [0.4, 0.5) is 17.6 Å². The highest BCUT2D eigenvalue weighted by Crippen LogP contribution is 2.48. The molecule has 0 spiro atoms. The second-order valence-electron chi connectivity index (χ2n) is 6.43. The van der Waals surface area contributed by atoms with Gasteiger partial charge < -0.3 is 10.4 Å². The van der Waals surface area contributed by atoms with Crippen LogP contribution in [0.15, 0.2) is 48.5 Å². The number of nitrogens with one attached hydrogen (secondary N) is 1. The molecule has 1 saturated carbocycles. The summed E-state index contributed by atoms with van der Waals surface area (Å²) in [6.45, 7) is -0.118. The lowest BCUT2D eigenvalue weighted by Crippen LogP contribution is -2.37. The van der Waals surface area contributed by atoms with E-state index in [4.69, 9.17) is 0 Å². The SMILES string of the molecule is O=C(NC[C@H](O)c1ccc(C(F)(F)F)cc1)C1(c2ccc(F)cc2)CC1. The van der Waals surface area contributed by atoms with Gasteiger partial charge in [0.2, 0.25) is 5.91 Å². The van der Waals surface area contributed by atoms with E-state index in [1.807, 2.05) is 0 Å². The molecular weight excluding hydrogens is 350 g/mol. The second-order valence-corrected chi connectivity index (χ2v) is 6.43. The van der Waals surface area contributed by atoms with Gasteiger partial charge >= 0.3 is 6.18 Å². The van der Waals surface area contributed by atoms with Gasteiger partial charge in [0.1, 0.15) is 5.82 Å². The average molecular weight is 367 g/mol. The molecule has 1 fully saturated rings. The zero-order valence-corrected chi connectivity index (χ0v) is 13.7. The number of amides is 1. The Kier molecular flexibility index (Phi) is 4.75. The number of aliphatic hydroxyl groups is 1. The number of rotatable bonds is 5. The van der Waals surface area contributed by atoms with Gasteiger partial charge in [-0.1, -0.05) is 24.3 Å². The largest absolute Gasteiger partial charge is 0.416 e. The molecule has 138 valence electrons. The van der Waals surface area contributed by atoms with Crippen LogP contribution in [0, 0.1) is 5.82 Å². The van der Waals surface area contributed by atoms with Gasteiger partial charge in [0.15, 0.2) is 0 Å². The number of carbonyl (C=O) groups excluding carboxylic acids is 1. The van der Waals surface area contributed by atoms with E-state index in [0.29, 0.717) is 18.4 Å². The molecule has 2 aromatic rings. The summed E-state index contributed by atoms with van der Waals surface area (Å²) >= 11 is 0. The molecule has 1 amide bonds. The summed E-state index contributed by atoms with van der Waals surface area (Å²) in [5.41, 5.74) is -0.524. The van der Waals surface area contributed by atoms with Crippen molar-refractivity contribution in [3.63, 3.8) is 0 Å². The second kappa shape index (κ2) is 6.72. The maximum Gasteiger partial charge on any atom is 0.416 e. The fourth-order valence-electron chi connectivity index (χ4n) is 2.91. The minimum absolute atomic E-state index is 0.118. The molecule has 2 aromatic carbocycles. The van der Waals surface area contributed by atoms with E-state index < -0.39 is 23.3 Å². The van der Waals surface area contributed by atoms with E-state index in [-0.39, 0.29) is 23.8 Å². The molecule has 1 aliphatic carbocycles. The lowest BCUT2D eigenvalue weighted by molar-refractivity contribution is -0.137. The summed E-state index contributed by atoms with van der Waals surface area (Å²) in [7, 11) is 0. The van der Waals surface area contributed by atoms with Crippen LogP contribution in [-0.4, -0.2) is 17.6 Å². The summed E-state index contributed by atoms with van der Waals surface area (Å²) in [4.78, 5) is 12.5. The first-order valence-electron chi connectivity index (χ1n) is 8.12. The van der Waals surface area contributed by atoms with Crippen molar-refractivity contribution in [3.8, 4) is 0 Å². The number of aliphatic hydroxyl groups excluding tert-OH is 1. The highest BCUT2D eigenvalue weighted by atomic mass is 19.4. The molecule has 1 atom stereocenters. The van der Waals surface area contributed by atoms with Crippen molar-refractivity contribution in [2.24, 2.45) is 0 Å². The van der Waals surface area contributed by atoms with E-state index in [0.717, 1.165) is 12.1 Å². The quantitative estimate of drug-likeness (QED) is 0.792. The van der Waals surface area contributed by atoms with Crippen LogP contribution in [0.3, 0.4) is 0 Å². The van der Waals surface area contributed by atoms with Gasteiger partial charge in [-0.05, 0) is 48.2 Å². The summed E-state index contributed by atoms with van der Waals surface area (Å²) in [6.07, 6.45) is -4.31. The van der Waals surface area contributed by atoms with Crippen LogP contribution in [0.2, 0.25) is 0 Å². The van der Waals surface area contributed by atoms with E-state index in [2.05, 4.69) is 5.32 Å². The first-order valence-corrected chi connectivity index (χ1v) is 8.12. The maximum atomic E-state index is 13.0. The van der Waals surface area contributed by atoms with Gasteiger partial charge in [-0.25, -0.2) is 4.39 Å². The van der Waals surface area contributed by atoms with Gasteiger partial charge in [0.05, 0.1) is 17.1 Å². The van der Waals surface area contributed by atoms with Crippen molar-refractivity contribution in [2.75, 3.05) is 6.54 Å². The van der Waals surface area contributed by atoms with Crippen LogP contribution in [0.5, 0.6) is 0 Å². The van der Waals surface area contributed by atoms with Gasteiger partial charge in [-0.3, -0.25) is 4.79 Å². The number of halogens is 4.